The van der Waals surface area contributed by atoms with Crippen LogP contribution >= 0.6 is 0 Å². The minimum absolute atomic E-state index is 0.0869. The van der Waals surface area contributed by atoms with Gasteiger partial charge in [-0.2, -0.15) is 0 Å². The van der Waals surface area contributed by atoms with Crippen LogP contribution in [-0.2, 0) is 21.4 Å². The first-order valence-electron chi connectivity index (χ1n) is 13.8. The third-order valence-electron chi connectivity index (χ3n) is 8.55. The number of alkyl halides is 2. The standard InChI is InChI=1S/C31H28F2N2O7/c1-39-18-7-8-20-21(34-29(38)30(10-11-30)17-6-9-23-25(13-17)42-31(32,33)41-23)15-26(40-24(20)14-18)28(37)35-27-19-5-3-2-4-16(19)12-22(27)36/h2-9,13-14,21-22,26-27,36H,10-12,15H2,1H3,(H,34,38)(H,35,37)/t21-,22?,26-,27?/m1/s1. The van der Waals surface area contributed by atoms with Crippen LogP contribution in [-0.4, -0.2) is 42.5 Å². The van der Waals surface area contributed by atoms with E-state index in [2.05, 4.69) is 20.1 Å². The summed E-state index contributed by atoms with van der Waals surface area (Å²) in [5.74, 6) is 0.00967. The maximum atomic E-state index is 13.8. The molecule has 3 aromatic rings. The average Bonchev–Trinajstić information content (AvgIpc) is 3.64. The van der Waals surface area contributed by atoms with Crippen molar-refractivity contribution in [1.29, 1.82) is 0 Å². The molecular formula is C31H28F2N2O7. The Hall–Kier alpha value is -4.38. The van der Waals surface area contributed by atoms with Gasteiger partial charge in [-0.15, -0.1) is 8.78 Å². The van der Waals surface area contributed by atoms with Gasteiger partial charge in [-0.05, 0) is 53.8 Å². The lowest BCUT2D eigenvalue weighted by Crippen LogP contribution is -2.47. The molecule has 1 fully saturated rings. The Labute approximate surface area is 239 Å². The first-order chi connectivity index (χ1) is 20.2. The van der Waals surface area contributed by atoms with Crippen molar-refractivity contribution >= 4 is 11.8 Å². The minimum Gasteiger partial charge on any atom is -0.497 e. The highest BCUT2D eigenvalue weighted by molar-refractivity contribution is 5.92. The van der Waals surface area contributed by atoms with E-state index in [-0.39, 0.29) is 23.8 Å². The molecule has 42 heavy (non-hydrogen) atoms. The number of aliphatic hydroxyl groups is 1. The molecule has 2 heterocycles. The smallest absolute Gasteiger partial charge is 0.497 e. The van der Waals surface area contributed by atoms with Gasteiger partial charge in [0.05, 0.1) is 30.7 Å². The van der Waals surface area contributed by atoms with Crippen molar-refractivity contribution in [2.45, 2.75) is 61.7 Å². The highest BCUT2D eigenvalue weighted by Gasteiger charge is 2.53. The topological polar surface area (TPSA) is 115 Å². The first-order valence-corrected chi connectivity index (χ1v) is 13.8. The predicted octanol–water partition coefficient (Wildman–Crippen LogP) is 3.83. The molecule has 4 aliphatic rings. The number of fused-ring (bicyclic) bond motifs is 3. The quantitative estimate of drug-likeness (QED) is 0.407. The van der Waals surface area contributed by atoms with E-state index in [1.807, 2.05) is 24.3 Å². The van der Waals surface area contributed by atoms with Crippen LogP contribution in [0.4, 0.5) is 8.78 Å². The van der Waals surface area contributed by atoms with Crippen molar-refractivity contribution in [1.82, 2.24) is 10.6 Å². The van der Waals surface area contributed by atoms with Crippen LogP contribution in [0.1, 0.15) is 53.6 Å². The van der Waals surface area contributed by atoms with Crippen LogP contribution in [0.15, 0.2) is 60.7 Å². The summed E-state index contributed by atoms with van der Waals surface area (Å²) in [7, 11) is 1.52. The van der Waals surface area contributed by atoms with Crippen LogP contribution in [0, 0.1) is 0 Å². The number of nitrogens with one attached hydrogen (secondary N) is 2. The van der Waals surface area contributed by atoms with Crippen molar-refractivity contribution in [3.63, 3.8) is 0 Å². The fourth-order valence-electron chi connectivity index (χ4n) is 6.18. The second-order valence-corrected chi connectivity index (χ2v) is 11.1. The molecule has 0 radical (unpaired) electrons. The summed E-state index contributed by atoms with van der Waals surface area (Å²) < 4.78 is 47.7. The van der Waals surface area contributed by atoms with E-state index in [1.165, 1.54) is 19.2 Å². The summed E-state index contributed by atoms with van der Waals surface area (Å²) in [4.78, 5) is 27.3. The second kappa shape index (κ2) is 9.59. The van der Waals surface area contributed by atoms with Gasteiger partial charge in [0, 0.05) is 24.5 Å². The van der Waals surface area contributed by atoms with E-state index in [0.717, 1.165) is 11.1 Å². The molecule has 0 aromatic heterocycles. The van der Waals surface area contributed by atoms with Crippen molar-refractivity contribution in [3.8, 4) is 23.0 Å². The van der Waals surface area contributed by atoms with Gasteiger partial charge in [-0.1, -0.05) is 30.3 Å². The van der Waals surface area contributed by atoms with E-state index in [4.69, 9.17) is 9.47 Å². The Morgan fingerprint density at radius 3 is 2.52 bits per heavy atom. The van der Waals surface area contributed by atoms with Gasteiger partial charge in [-0.25, -0.2) is 0 Å². The summed E-state index contributed by atoms with van der Waals surface area (Å²) in [5.41, 5.74) is 2.14. The summed E-state index contributed by atoms with van der Waals surface area (Å²) in [6, 6.07) is 16.0. The number of benzene rings is 3. The van der Waals surface area contributed by atoms with Gasteiger partial charge in [0.15, 0.2) is 17.6 Å². The fraction of sp³-hybridized carbons (Fsp3) is 0.355. The molecule has 0 spiro atoms. The van der Waals surface area contributed by atoms with Crippen LogP contribution < -0.4 is 29.6 Å². The normalized spacial score (nSPS) is 25.4. The Bertz CT molecular complexity index is 1590. The minimum atomic E-state index is -3.75. The van der Waals surface area contributed by atoms with E-state index in [0.29, 0.717) is 41.9 Å². The maximum Gasteiger partial charge on any atom is 0.586 e. The molecule has 2 unspecified atom stereocenters. The molecule has 218 valence electrons. The Balaban J connectivity index is 1.13. The molecule has 3 N–H and O–H groups in total. The van der Waals surface area contributed by atoms with Gasteiger partial charge in [0.2, 0.25) is 5.91 Å². The molecule has 2 amide bonds. The van der Waals surface area contributed by atoms with Crippen LogP contribution in [0.5, 0.6) is 23.0 Å². The first kappa shape index (κ1) is 26.5. The molecular weight excluding hydrogens is 550 g/mol. The number of hydrogen-bond donors (Lipinski definition) is 3. The van der Waals surface area contributed by atoms with Gasteiger partial charge in [0.25, 0.3) is 5.91 Å². The Morgan fingerprint density at radius 1 is 0.952 bits per heavy atom. The van der Waals surface area contributed by atoms with Gasteiger partial charge in [0.1, 0.15) is 11.5 Å². The number of rotatable bonds is 6. The predicted molar refractivity (Wildman–Crippen MR) is 144 cm³/mol. The monoisotopic (exact) mass is 578 g/mol. The largest absolute Gasteiger partial charge is 0.586 e. The maximum absolute atomic E-state index is 13.8. The van der Waals surface area contributed by atoms with Crippen molar-refractivity contribution < 1.29 is 42.4 Å². The molecule has 9 nitrogen and oxygen atoms in total. The van der Waals surface area contributed by atoms with Crippen LogP contribution in [0.25, 0.3) is 0 Å². The van der Waals surface area contributed by atoms with Crippen LogP contribution in [0.2, 0.25) is 0 Å². The summed E-state index contributed by atoms with van der Waals surface area (Å²) in [5, 5.41) is 16.7. The van der Waals surface area contributed by atoms with Crippen molar-refractivity contribution in [3.05, 3.63) is 82.9 Å². The van der Waals surface area contributed by atoms with Crippen molar-refractivity contribution in [2.75, 3.05) is 7.11 Å². The number of hydrogen-bond acceptors (Lipinski definition) is 7. The molecule has 7 rings (SSSR count). The molecule has 11 heteroatoms. The third kappa shape index (κ3) is 4.48. The zero-order valence-corrected chi connectivity index (χ0v) is 22.6. The average molecular weight is 579 g/mol. The highest BCUT2D eigenvalue weighted by Crippen LogP contribution is 2.52. The lowest BCUT2D eigenvalue weighted by Gasteiger charge is -2.34. The zero-order chi connectivity index (χ0) is 29.2. The molecule has 2 aliphatic carbocycles. The second-order valence-electron chi connectivity index (χ2n) is 11.1. The van der Waals surface area contributed by atoms with E-state index < -0.39 is 41.9 Å². The molecule has 0 bridgehead atoms. The molecule has 0 saturated heterocycles. The highest BCUT2D eigenvalue weighted by atomic mass is 19.3. The zero-order valence-electron chi connectivity index (χ0n) is 22.6. The van der Waals surface area contributed by atoms with E-state index in [9.17, 15) is 23.5 Å². The Kier molecular flexibility index (Phi) is 6.05. The number of aliphatic hydroxyl groups excluding tert-OH is 1. The molecule has 4 atom stereocenters. The summed E-state index contributed by atoms with van der Waals surface area (Å²) >= 11 is 0. The number of carbonyl (C=O) groups is 2. The fourth-order valence-corrected chi connectivity index (χ4v) is 6.18. The number of halogens is 2. The number of methoxy groups -OCH3 is 1. The number of ether oxygens (including phenoxy) is 4. The lowest BCUT2D eigenvalue weighted by atomic mass is 9.91. The molecule has 3 aromatic carbocycles. The number of carbonyl (C=O) groups excluding carboxylic acids is 2. The third-order valence-corrected chi connectivity index (χ3v) is 8.55. The van der Waals surface area contributed by atoms with Gasteiger partial charge < -0.3 is 34.7 Å². The van der Waals surface area contributed by atoms with Gasteiger partial charge >= 0.3 is 6.29 Å². The Morgan fingerprint density at radius 2 is 1.74 bits per heavy atom. The molecule has 1 saturated carbocycles. The SMILES string of the molecule is COc1ccc2c(c1)O[C@@H](C(=O)NC1c3ccccc3CC1O)C[C@H]2NC(=O)C1(c2ccc3c(c2)OC(F)(F)O3)CC1. The summed E-state index contributed by atoms with van der Waals surface area (Å²) in [6.45, 7) is 0. The number of amides is 2. The van der Waals surface area contributed by atoms with E-state index in [1.54, 1.807) is 24.3 Å². The van der Waals surface area contributed by atoms with Crippen LogP contribution in [0.3, 0.4) is 0 Å². The summed E-state index contributed by atoms with van der Waals surface area (Å²) in [6.07, 6.45) is -3.85. The molecule has 2 aliphatic heterocycles. The van der Waals surface area contributed by atoms with Gasteiger partial charge in [-0.3, -0.25) is 9.59 Å². The van der Waals surface area contributed by atoms with Crippen molar-refractivity contribution in [2.24, 2.45) is 0 Å². The van der Waals surface area contributed by atoms with E-state index >= 15 is 0 Å². The lowest BCUT2D eigenvalue weighted by molar-refractivity contribution is -0.286.